The first-order valence-electron chi connectivity index (χ1n) is 30.7. The molecule has 3 aliphatic heterocycles. The van der Waals surface area contributed by atoms with Gasteiger partial charge < -0.3 is 43.3 Å². The molecule has 99 heavy (non-hydrogen) atoms. The van der Waals surface area contributed by atoms with Crippen molar-refractivity contribution in [1.29, 1.82) is 0 Å². The van der Waals surface area contributed by atoms with Crippen LogP contribution in [0, 0.1) is 30.3 Å². The number of piperazine rings is 3. The number of benzene rings is 6. The fourth-order valence-corrected chi connectivity index (χ4v) is 13.9. The molecule has 0 unspecified atom stereocenters. The van der Waals surface area contributed by atoms with Gasteiger partial charge in [-0.2, -0.15) is 0 Å². The highest BCUT2D eigenvalue weighted by atomic mass is 35.5. The molecule has 25 nitrogen and oxygen atoms in total. The minimum absolute atomic E-state index is 0.0552. The van der Waals surface area contributed by atoms with Gasteiger partial charge >= 0.3 is 33.7 Å². The molecule has 0 saturated carbocycles. The molecule has 31 heteroatoms. The van der Waals surface area contributed by atoms with Gasteiger partial charge in [0.25, 0.3) is 17.7 Å². The number of hydrogen-bond acceptors (Lipinski definition) is 17. The SMILES string of the molecule is COc1ccc(C(=O)N2CCN(c3c([N+](=O)[O-])c(=O)n(C)c4ccc(Cl)cc34)CC2)cc1.Cn1c(=O)c([N+](=O)[O-])c(N2CCN(C(=O)c3ccc(Cl)c(Cl)c3)CC2)c2cc(Cl)ccc21.O=C(c1cccs1)N1CCN(c2c([N+](=O)[O-])c(=O)n(Cc3ccccc3)c3ccc(Cl)cc23)CC1. The summed E-state index contributed by atoms with van der Waals surface area (Å²) in [5.74, 6) is 0.267. The van der Waals surface area contributed by atoms with Gasteiger partial charge in [-0.3, -0.25) is 63.7 Å². The second kappa shape index (κ2) is 29.9. The van der Waals surface area contributed by atoms with E-state index in [2.05, 4.69) is 0 Å². The van der Waals surface area contributed by atoms with Crippen molar-refractivity contribution >= 4 is 154 Å². The molecule has 6 aromatic carbocycles. The number of anilines is 3. The predicted molar refractivity (Wildman–Crippen MR) is 385 cm³/mol. The van der Waals surface area contributed by atoms with Gasteiger partial charge in [-0.05, 0) is 114 Å². The first-order valence-corrected chi connectivity index (χ1v) is 33.4. The summed E-state index contributed by atoms with van der Waals surface area (Å²) in [6.07, 6.45) is 0. The molecular formula is C68H59Cl5N12O13S. The van der Waals surface area contributed by atoms with Crippen molar-refractivity contribution in [3.8, 4) is 5.75 Å². The first kappa shape index (κ1) is 70.2. The zero-order valence-electron chi connectivity index (χ0n) is 53.0. The summed E-state index contributed by atoms with van der Waals surface area (Å²) < 4.78 is 9.06. The van der Waals surface area contributed by atoms with Gasteiger partial charge in [0.05, 0.1) is 59.9 Å². The van der Waals surface area contributed by atoms with E-state index in [1.807, 2.05) is 46.7 Å². The Labute approximate surface area is 592 Å². The number of aromatic nitrogens is 3. The van der Waals surface area contributed by atoms with E-state index in [0.717, 1.165) is 5.56 Å². The highest BCUT2D eigenvalue weighted by Crippen LogP contribution is 2.40. The molecule has 0 radical (unpaired) electrons. The quantitative estimate of drug-likeness (QED) is 0.0812. The van der Waals surface area contributed by atoms with Crippen LogP contribution in [0.15, 0.2) is 159 Å². The van der Waals surface area contributed by atoms with Crippen molar-refractivity contribution in [3.63, 3.8) is 0 Å². The monoisotopic (exact) mass is 1460 g/mol. The van der Waals surface area contributed by atoms with Crippen molar-refractivity contribution in [2.75, 3.05) is 100 Å². The second-order valence-corrected chi connectivity index (χ2v) is 26.2. The number of hydrogen-bond donors (Lipinski definition) is 0. The lowest BCUT2D eigenvalue weighted by Crippen LogP contribution is -2.49. The van der Waals surface area contributed by atoms with E-state index in [9.17, 15) is 59.1 Å². The molecule has 3 saturated heterocycles. The number of pyridine rings is 3. The third kappa shape index (κ3) is 14.6. The van der Waals surface area contributed by atoms with E-state index in [4.69, 9.17) is 62.7 Å². The maximum absolute atomic E-state index is 13.5. The third-order valence-corrected chi connectivity index (χ3v) is 19.7. The smallest absolute Gasteiger partial charge is 0.357 e. The van der Waals surface area contributed by atoms with Crippen LogP contribution in [0.3, 0.4) is 0 Å². The maximum atomic E-state index is 13.5. The topological polar surface area (TPSA) is 275 Å². The summed E-state index contributed by atoms with van der Waals surface area (Å²) in [6, 6.07) is 39.4. The average molecular weight is 1460 g/mol. The van der Waals surface area contributed by atoms with Gasteiger partial charge in [0.15, 0.2) is 0 Å². The Morgan fingerprint density at radius 3 is 1.27 bits per heavy atom. The van der Waals surface area contributed by atoms with Crippen LogP contribution in [-0.4, -0.2) is 147 Å². The molecule has 3 aliphatic rings. The van der Waals surface area contributed by atoms with Gasteiger partial charge in [-0.1, -0.05) is 94.4 Å². The zero-order chi connectivity index (χ0) is 70.7. The van der Waals surface area contributed by atoms with Gasteiger partial charge in [-0.15, -0.1) is 11.3 Å². The molecule has 0 spiro atoms. The standard InChI is InChI=1S/C25H21ClN4O4S.C22H21ClN4O5.C21H17Cl3N4O4/c26-18-8-9-20-19(15-18)22(27-10-12-28(13-11-27)24(31)21-7-4-14-35-21)23(30(33)34)25(32)29(20)16-17-5-2-1-3-6-17;1-24-18-8-5-15(23)13-17(18)19(20(22(24)29)27(30)31)25-9-11-26(12-10-25)21(28)14-3-6-16(32-2)7-4-14;1-25-17-5-3-13(22)11-14(17)18(19(21(25)30)28(31)32)26-6-8-27(9-7-26)20(29)12-2-4-15(23)16(24)10-12/h1-9,14-15H,10-13,16H2;3-8,13H,9-12H2,1-2H3;2-5,10-11H,6-9H2,1H3. The van der Waals surface area contributed by atoms with E-state index in [-0.39, 0.29) is 46.4 Å². The van der Waals surface area contributed by atoms with Crippen molar-refractivity contribution in [3.05, 3.63) is 253 Å². The molecule has 13 rings (SSSR count). The molecule has 4 aromatic heterocycles. The Morgan fingerprint density at radius 2 is 0.859 bits per heavy atom. The largest absolute Gasteiger partial charge is 0.497 e. The number of ether oxygens (including phenoxy) is 1. The van der Waals surface area contributed by atoms with Crippen LogP contribution >= 0.6 is 69.3 Å². The molecule has 0 atom stereocenters. The Balaban J connectivity index is 0.000000150. The van der Waals surface area contributed by atoms with E-state index < -0.39 is 48.5 Å². The minimum Gasteiger partial charge on any atom is -0.497 e. The number of fused-ring (bicyclic) bond motifs is 3. The second-order valence-electron chi connectivity index (χ2n) is 23.1. The van der Waals surface area contributed by atoms with Gasteiger partial charge in [0, 0.05) is 135 Å². The molecule has 3 fully saturated rings. The third-order valence-electron chi connectivity index (χ3n) is 17.4. The predicted octanol–water partition coefficient (Wildman–Crippen LogP) is 12.1. The number of rotatable bonds is 12. The molecule has 0 N–H and O–H groups in total. The van der Waals surface area contributed by atoms with Crippen LogP contribution < -0.4 is 36.1 Å². The van der Waals surface area contributed by atoms with Crippen molar-refractivity contribution in [2.24, 2.45) is 14.1 Å². The van der Waals surface area contributed by atoms with Crippen molar-refractivity contribution < 1.29 is 33.9 Å². The number of thiophene rings is 1. The van der Waals surface area contributed by atoms with E-state index in [1.165, 1.54) is 45.2 Å². The molecule has 0 aliphatic carbocycles. The highest BCUT2D eigenvalue weighted by molar-refractivity contribution is 7.12. The summed E-state index contributed by atoms with van der Waals surface area (Å²) >= 11 is 32.0. The fourth-order valence-electron chi connectivity index (χ4n) is 12.4. The Hall–Kier alpha value is -10.1. The van der Waals surface area contributed by atoms with Crippen LogP contribution in [0.2, 0.25) is 25.1 Å². The minimum atomic E-state index is -0.700. The molecular weight excluding hydrogens is 1400 g/mol. The lowest BCUT2D eigenvalue weighted by Gasteiger charge is -2.36. The van der Waals surface area contributed by atoms with E-state index in [0.29, 0.717) is 153 Å². The summed E-state index contributed by atoms with van der Waals surface area (Å²) in [7, 11) is 4.55. The van der Waals surface area contributed by atoms with Crippen molar-refractivity contribution in [1.82, 2.24) is 28.4 Å². The van der Waals surface area contributed by atoms with E-state index in [1.54, 1.807) is 129 Å². The van der Waals surface area contributed by atoms with Gasteiger partial charge in [-0.25, -0.2) is 0 Å². The zero-order valence-corrected chi connectivity index (χ0v) is 57.6. The van der Waals surface area contributed by atoms with Crippen LogP contribution in [-0.2, 0) is 20.6 Å². The van der Waals surface area contributed by atoms with E-state index >= 15 is 0 Å². The molecule has 10 aromatic rings. The first-order chi connectivity index (χ1) is 47.4. The summed E-state index contributed by atoms with van der Waals surface area (Å²) in [5.41, 5.74) is 0.652. The molecule has 510 valence electrons. The lowest BCUT2D eigenvalue weighted by molar-refractivity contribution is -0.385. The average Bonchev–Trinajstić information content (AvgIpc) is 1.51. The maximum Gasteiger partial charge on any atom is 0.357 e. The van der Waals surface area contributed by atoms with Crippen LogP contribution in [0.1, 0.15) is 36.0 Å². The van der Waals surface area contributed by atoms with Crippen LogP contribution in [0.5, 0.6) is 5.75 Å². The Morgan fingerprint density at radius 1 is 0.455 bits per heavy atom. The number of methoxy groups -OCH3 is 1. The summed E-state index contributed by atoms with van der Waals surface area (Å²) in [6.45, 7) is 4.36. The number of amides is 3. The normalized spacial score (nSPS) is 14.0. The number of nitro groups is 3. The molecule has 0 bridgehead atoms. The Kier molecular flexibility index (Phi) is 21.2. The number of carbonyl (C=O) groups excluding carboxylic acids is 3. The number of halogens is 5. The van der Waals surface area contributed by atoms with Gasteiger partial charge in [0.1, 0.15) is 22.8 Å². The molecule has 3 amide bonds. The van der Waals surface area contributed by atoms with Crippen molar-refractivity contribution in [2.45, 2.75) is 6.54 Å². The Bertz CT molecular complexity index is 5040. The van der Waals surface area contributed by atoms with Crippen LogP contribution in [0.25, 0.3) is 32.7 Å². The fraction of sp³-hybridized carbons (Fsp3) is 0.235. The number of nitrogens with zero attached hydrogens (tertiary/aromatic N) is 12. The summed E-state index contributed by atoms with van der Waals surface area (Å²) in [4.78, 5) is 123. The highest BCUT2D eigenvalue weighted by Gasteiger charge is 2.36. The van der Waals surface area contributed by atoms with Gasteiger partial charge in [0.2, 0.25) is 0 Å². The van der Waals surface area contributed by atoms with Crippen LogP contribution in [0.4, 0.5) is 34.1 Å². The lowest BCUT2D eigenvalue weighted by atomic mass is 10.1. The number of aryl methyl sites for hydroxylation is 2. The summed E-state index contributed by atoms with van der Waals surface area (Å²) in [5, 5.41) is 41.2. The number of carbonyl (C=O) groups is 3. The molecule has 7 heterocycles.